The fourth-order valence-electron chi connectivity index (χ4n) is 1.03. The first-order chi connectivity index (χ1) is 6.63. The highest BCUT2D eigenvalue weighted by molar-refractivity contribution is 7.80. The zero-order valence-corrected chi connectivity index (χ0v) is 8.11. The molecule has 1 nitrogen and oxygen atoms in total. The number of benzene rings is 1. The van der Waals surface area contributed by atoms with Crippen molar-refractivity contribution in [3.63, 3.8) is 0 Å². The zero-order valence-electron chi connectivity index (χ0n) is 7.21. The smallest absolute Gasteiger partial charge is 0.387 e. The molecule has 0 aliphatic heterocycles. The van der Waals surface area contributed by atoms with Crippen LogP contribution < -0.4 is 4.74 Å². The number of ether oxygens (including phenoxy) is 1. The molecule has 0 bridgehead atoms. The molecule has 0 aromatic heterocycles. The van der Waals surface area contributed by atoms with Gasteiger partial charge in [-0.3, -0.25) is 0 Å². The second-order valence-electron chi connectivity index (χ2n) is 2.61. The average Bonchev–Trinajstić information content (AvgIpc) is 2.09. The van der Waals surface area contributed by atoms with Gasteiger partial charge in [-0.15, -0.1) is 0 Å². The Hall–Kier alpha value is -0.840. The van der Waals surface area contributed by atoms with Gasteiger partial charge in [0.2, 0.25) is 0 Å². The first-order valence-corrected chi connectivity index (χ1v) is 4.61. The molecule has 78 valence electrons. The molecule has 14 heavy (non-hydrogen) atoms. The minimum absolute atomic E-state index is 0.166. The van der Waals surface area contributed by atoms with Crippen LogP contribution in [0.5, 0.6) is 5.75 Å². The minimum atomic E-state index is -2.93. The van der Waals surface area contributed by atoms with Gasteiger partial charge in [-0.1, -0.05) is 6.07 Å². The van der Waals surface area contributed by atoms with E-state index in [4.69, 9.17) is 0 Å². The zero-order chi connectivity index (χ0) is 10.6. The van der Waals surface area contributed by atoms with Crippen molar-refractivity contribution < 1.29 is 17.9 Å². The lowest BCUT2D eigenvalue weighted by Crippen LogP contribution is -2.02. The molecule has 0 aliphatic carbocycles. The summed E-state index contributed by atoms with van der Waals surface area (Å²) in [6.45, 7) is -2.93. The Bertz CT molecular complexity index is 304. The Balaban J connectivity index is 2.78. The molecular formula is C9H9F3OS. The van der Waals surface area contributed by atoms with E-state index in [1.165, 1.54) is 12.1 Å². The Morgan fingerprint density at radius 2 is 2.07 bits per heavy atom. The van der Waals surface area contributed by atoms with Crippen molar-refractivity contribution in [1.82, 2.24) is 0 Å². The SMILES string of the molecule is Fc1cc(OC(F)F)ccc1CCS. The molecule has 0 aliphatic rings. The van der Waals surface area contributed by atoms with Crippen molar-refractivity contribution in [1.29, 1.82) is 0 Å². The number of hydrogen-bond acceptors (Lipinski definition) is 2. The molecule has 1 aromatic carbocycles. The van der Waals surface area contributed by atoms with E-state index in [9.17, 15) is 13.2 Å². The van der Waals surface area contributed by atoms with Crippen LogP contribution in [-0.4, -0.2) is 12.4 Å². The van der Waals surface area contributed by atoms with Gasteiger partial charge >= 0.3 is 6.61 Å². The third kappa shape index (κ3) is 3.14. The summed E-state index contributed by atoms with van der Waals surface area (Å²) in [5.74, 6) is -0.205. The highest BCUT2D eigenvalue weighted by Gasteiger charge is 2.07. The van der Waals surface area contributed by atoms with E-state index >= 15 is 0 Å². The normalized spacial score (nSPS) is 10.6. The van der Waals surface area contributed by atoms with Crippen molar-refractivity contribution in [2.45, 2.75) is 13.0 Å². The molecule has 0 amide bonds. The van der Waals surface area contributed by atoms with E-state index in [2.05, 4.69) is 17.4 Å². The van der Waals surface area contributed by atoms with E-state index in [1.54, 1.807) is 0 Å². The summed E-state index contributed by atoms with van der Waals surface area (Å²) in [7, 11) is 0. The lowest BCUT2D eigenvalue weighted by molar-refractivity contribution is -0.0500. The molecule has 0 heterocycles. The van der Waals surface area contributed by atoms with Crippen molar-refractivity contribution in [2.24, 2.45) is 0 Å². The van der Waals surface area contributed by atoms with E-state index in [0.29, 0.717) is 17.7 Å². The van der Waals surface area contributed by atoms with Crippen LogP contribution in [0.4, 0.5) is 13.2 Å². The predicted molar refractivity (Wildman–Crippen MR) is 50.6 cm³/mol. The minimum Gasteiger partial charge on any atom is -0.435 e. The van der Waals surface area contributed by atoms with Gasteiger partial charge in [0.25, 0.3) is 0 Å². The first-order valence-electron chi connectivity index (χ1n) is 3.97. The molecule has 0 saturated heterocycles. The largest absolute Gasteiger partial charge is 0.435 e. The Morgan fingerprint density at radius 3 is 2.57 bits per heavy atom. The summed E-state index contributed by atoms with van der Waals surface area (Å²) in [6.07, 6.45) is 0.462. The third-order valence-corrected chi connectivity index (χ3v) is 1.85. The highest BCUT2D eigenvalue weighted by Crippen LogP contribution is 2.19. The summed E-state index contributed by atoms with van der Waals surface area (Å²) < 4.78 is 40.7. The molecule has 0 N–H and O–H groups in total. The fraction of sp³-hybridized carbons (Fsp3) is 0.333. The van der Waals surface area contributed by atoms with Crippen LogP contribution in [0.3, 0.4) is 0 Å². The van der Waals surface area contributed by atoms with Crippen LogP contribution in [0, 0.1) is 5.82 Å². The maximum Gasteiger partial charge on any atom is 0.387 e. The summed E-state index contributed by atoms with van der Waals surface area (Å²) in [5.41, 5.74) is 0.446. The number of halogens is 3. The van der Waals surface area contributed by atoms with E-state index in [1.807, 2.05) is 0 Å². The number of hydrogen-bond donors (Lipinski definition) is 1. The fourth-order valence-corrected chi connectivity index (χ4v) is 1.27. The van der Waals surface area contributed by atoms with Crippen molar-refractivity contribution in [2.75, 3.05) is 5.75 Å². The Morgan fingerprint density at radius 1 is 1.36 bits per heavy atom. The Kier molecular flexibility index (Phi) is 4.13. The molecule has 1 aromatic rings. The molecule has 0 fully saturated rings. The van der Waals surface area contributed by atoms with Gasteiger partial charge in [-0.25, -0.2) is 4.39 Å². The second-order valence-corrected chi connectivity index (χ2v) is 3.05. The molecule has 1 rings (SSSR count). The molecule has 5 heteroatoms. The summed E-state index contributed by atoms with van der Waals surface area (Å²) >= 11 is 3.94. The van der Waals surface area contributed by atoms with Crippen LogP contribution in [0.2, 0.25) is 0 Å². The van der Waals surface area contributed by atoms with Gasteiger partial charge in [0.1, 0.15) is 11.6 Å². The van der Waals surface area contributed by atoms with Crippen molar-refractivity contribution in [3.8, 4) is 5.75 Å². The first kappa shape index (κ1) is 11.2. The van der Waals surface area contributed by atoms with E-state index in [0.717, 1.165) is 6.07 Å². The molecule has 0 spiro atoms. The van der Waals surface area contributed by atoms with Crippen molar-refractivity contribution in [3.05, 3.63) is 29.6 Å². The van der Waals surface area contributed by atoms with Gasteiger partial charge in [0.15, 0.2) is 0 Å². The van der Waals surface area contributed by atoms with Crippen LogP contribution in [0.25, 0.3) is 0 Å². The lowest BCUT2D eigenvalue weighted by atomic mass is 10.1. The van der Waals surface area contributed by atoms with Gasteiger partial charge < -0.3 is 4.74 Å². The van der Waals surface area contributed by atoms with E-state index < -0.39 is 12.4 Å². The monoisotopic (exact) mass is 222 g/mol. The quantitative estimate of drug-likeness (QED) is 0.771. The summed E-state index contributed by atoms with van der Waals surface area (Å²) in [4.78, 5) is 0. The highest BCUT2D eigenvalue weighted by atomic mass is 32.1. The van der Waals surface area contributed by atoms with Crippen LogP contribution in [-0.2, 0) is 6.42 Å². The Labute approximate surface area is 85.3 Å². The van der Waals surface area contributed by atoms with Crippen LogP contribution in [0.1, 0.15) is 5.56 Å². The number of aryl methyl sites for hydroxylation is 1. The standard InChI is InChI=1S/C9H9F3OS/c10-8-5-7(13-9(11)12)2-1-6(8)3-4-14/h1-2,5,9,14H,3-4H2. The van der Waals surface area contributed by atoms with Crippen LogP contribution >= 0.6 is 12.6 Å². The summed E-state index contributed by atoms with van der Waals surface area (Å²) in [6, 6.07) is 3.68. The average molecular weight is 222 g/mol. The summed E-state index contributed by atoms with van der Waals surface area (Å²) in [5, 5.41) is 0. The van der Waals surface area contributed by atoms with Crippen molar-refractivity contribution >= 4 is 12.6 Å². The number of rotatable bonds is 4. The second kappa shape index (κ2) is 5.14. The van der Waals surface area contributed by atoms with Crippen LogP contribution in [0.15, 0.2) is 18.2 Å². The maximum absolute atomic E-state index is 13.1. The maximum atomic E-state index is 13.1. The number of thiol groups is 1. The molecule has 0 unspecified atom stereocenters. The predicted octanol–water partition coefficient (Wildman–Crippen LogP) is 2.90. The number of alkyl halides is 2. The van der Waals surface area contributed by atoms with E-state index in [-0.39, 0.29) is 5.75 Å². The third-order valence-electron chi connectivity index (χ3n) is 1.63. The van der Waals surface area contributed by atoms with Gasteiger partial charge in [-0.05, 0) is 23.8 Å². The molecule has 0 atom stereocenters. The van der Waals surface area contributed by atoms with Gasteiger partial charge in [0.05, 0.1) is 0 Å². The molecular weight excluding hydrogens is 213 g/mol. The molecule has 0 radical (unpaired) electrons. The topological polar surface area (TPSA) is 9.23 Å². The van der Waals surface area contributed by atoms with Gasteiger partial charge in [-0.2, -0.15) is 21.4 Å². The molecule has 0 saturated carbocycles. The van der Waals surface area contributed by atoms with Gasteiger partial charge in [0, 0.05) is 6.07 Å². The lowest BCUT2D eigenvalue weighted by Gasteiger charge is -2.06.